The highest BCUT2D eigenvalue weighted by Gasteiger charge is 2.14. The predicted octanol–water partition coefficient (Wildman–Crippen LogP) is 3.26. The Balaban J connectivity index is 2.18. The minimum atomic E-state index is -0.157. The molecule has 4 nitrogen and oxygen atoms in total. The average molecular weight is 318 g/mol. The van der Waals surface area contributed by atoms with Crippen LogP contribution in [0.3, 0.4) is 0 Å². The fraction of sp³-hybridized carbons (Fsp3) is 0.353. The average Bonchev–Trinajstić information content (AvgIpc) is 2.93. The molecule has 0 fully saturated rings. The van der Waals surface area contributed by atoms with Gasteiger partial charge in [0.25, 0.3) is 5.91 Å². The number of carbonyl (C=O) groups excluding carboxylic acids is 1. The van der Waals surface area contributed by atoms with Crippen molar-refractivity contribution in [2.45, 2.75) is 26.8 Å². The number of thiophene rings is 1. The fourth-order valence-electron chi connectivity index (χ4n) is 2.43. The first kappa shape index (κ1) is 16.5. The standard InChI is InChI=1S/C17H22N2O2S/c1-11-7-10-22-16(11)13(3)19-15-6-4-5-14(12(15)2)17(21)18-8-9-20/h4-7,10,13,19-20H,8-9H2,1-3H3,(H,18,21). The highest BCUT2D eigenvalue weighted by Crippen LogP contribution is 2.29. The number of aryl methyl sites for hydroxylation is 1. The first-order valence-electron chi connectivity index (χ1n) is 7.33. The van der Waals surface area contributed by atoms with Crippen LogP contribution in [-0.2, 0) is 0 Å². The van der Waals surface area contributed by atoms with Crippen molar-refractivity contribution >= 4 is 22.9 Å². The number of nitrogens with one attached hydrogen (secondary N) is 2. The normalized spacial score (nSPS) is 12.0. The number of hydrogen-bond acceptors (Lipinski definition) is 4. The van der Waals surface area contributed by atoms with Crippen LogP contribution in [0.4, 0.5) is 5.69 Å². The second kappa shape index (κ2) is 7.42. The van der Waals surface area contributed by atoms with E-state index in [-0.39, 0.29) is 25.1 Å². The fourth-order valence-corrected chi connectivity index (χ4v) is 3.37. The van der Waals surface area contributed by atoms with Gasteiger partial charge in [-0.3, -0.25) is 4.79 Å². The molecule has 22 heavy (non-hydrogen) atoms. The molecule has 1 unspecified atom stereocenters. The summed E-state index contributed by atoms with van der Waals surface area (Å²) in [5, 5.41) is 17.1. The highest BCUT2D eigenvalue weighted by atomic mass is 32.1. The van der Waals surface area contributed by atoms with E-state index >= 15 is 0 Å². The summed E-state index contributed by atoms with van der Waals surface area (Å²) in [6.45, 7) is 6.37. The van der Waals surface area contributed by atoms with Gasteiger partial charge in [-0.25, -0.2) is 0 Å². The summed E-state index contributed by atoms with van der Waals surface area (Å²) in [4.78, 5) is 13.4. The number of anilines is 1. The first-order chi connectivity index (χ1) is 10.5. The maximum atomic E-state index is 12.1. The summed E-state index contributed by atoms with van der Waals surface area (Å²) >= 11 is 1.73. The first-order valence-corrected chi connectivity index (χ1v) is 8.21. The Morgan fingerprint density at radius 3 is 2.73 bits per heavy atom. The topological polar surface area (TPSA) is 61.4 Å². The molecule has 5 heteroatoms. The van der Waals surface area contributed by atoms with Gasteiger partial charge in [0.05, 0.1) is 12.6 Å². The maximum absolute atomic E-state index is 12.1. The van der Waals surface area contributed by atoms with Gasteiger partial charge in [0, 0.05) is 22.7 Å². The number of amides is 1. The van der Waals surface area contributed by atoms with E-state index in [9.17, 15) is 4.79 Å². The van der Waals surface area contributed by atoms with Gasteiger partial charge in [0.1, 0.15) is 0 Å². The van der Waals surface area contributed by atoms with Crippen LogP contribution in [0.5, 0.6) is 0 Å². The third-order valence-corrected chi connectivity index (χ3v) is 4.84. The molecule has 1 atom stereocenters. The van der Waals surface area contributed by atoms with Gasteiger partial charge >= 0.3 is 0 Å². The van der Waals surface area contributed by atoms with Gasteiger partial charge in [-0.15, -0.1) is 11.3 Å². The molecule has 0 aliphatic heterocycles. The van der Waals surface area contributed by atoms with Crippen molar-refractivity contribution < 1.29 is 9.90 Å². The molecular weight excluding hydrogens is 296 g/mol. The predicted molar refractivity (Wildman–Crippen MR) is 91.7 cm³/mol. The van der Waals surface area contributed by atoms with Crippen molar-refractivity contribution in [3.05, 3.63) is 51.2 Å². The van der Waals surface area contributed by atoms with Gasteiger partial charge < -0.3 is 15.7 Å². The number of carbonyl (C=O) groups is 1. The van der Waals surface area contributed by atoms with Crippen LogP contribution in [0.2, 0.25) is 0 Å². The van der Waals surface area contributed by atoms with E-state index in [1.807, 2.05) is 19.1 Å². The molecule has 1 aromatic heterocycles. The second-order valence-electron chi connectivity index (χ2n) is 5.29. The van der Waals surface area contributed by atoms with E-state index in [4.69, 9.17) is 5.11 Å². The summed E-state index contributed by atoms with van der Waals surface area (Å²) in [6, 6.07) is 7.96. The van der Waals surface area contributed by atoms with Crippen molar-refractivity contribution in [1.82, 2.24) is 5.32 Å². The van der Waals surface area contributed by atoms with Gasteiger partial charge in [-0.1, -0.05) is 6.07 Å². The van der Waals surface area contributed by atoms with Crippen molar-refractivity contribution in [3.8, 4) is 0 Å². The molecule has 1 amide bonds. The lowest BCUT2D eigenvalue weighted by molar-refractivity contribution is 0.0944. The Labute approximate surface area is 135 Å². The van der Waals surface area contributed by atoms with E-state index in [0.29, 0.717) is 5.56 Å². The summed E-state index contributed by atoms with van der Waals surface area (Å²) in [7, 11) is 0. The third kappa shape index (κ3) is 3.67. The summed E-state index contributed by atoms with van der Waals surface area (Å²) in [5.41, 5.74) is 3.78. The molecule has 0 saturated carbocycles. The van der Waals surface area contributed by atoms with Crippen LogP contribution < -0.4 is 10.6 Å². The molecule has 1 heterocycles. The lowest BCUT2D eigenvalue weighted by atomic mass is 10.0. The van der Waals surface area contributed by atoms with Crippen LogP contribution >= 0.6 is 11.3 Å². The molecule has 0 aliphatic rings. The Morgan fingerprint density at radius 1 is 1.32 bits per heavy atom. The van der Waals surface area contributed by atoms with Crippen molar-refractivity contribution in [3.63, 3.8) is 0 Å². The largest absolute Gasteiger partial charge is 0.395 e. The van der Waals surface area contributed by atoms with E-state index < -0.39 is 0 Å². The summed E-state index contributed by atoms with van der Waals surface area (Å²) in [6.07, 6.45) is 0. The highest BCUT2D eigenvalue weighted by molar-refractivity contribution is 7.10. The summed E-state index contributed by atoms with van der Waals surface area (Å²) < 4.78 is 0. The van der Waals surface area contributed by atoms with E-state index in [0.717, 1.165) is 11.3 Å². The van der Waals surface area contributed by atoms with Crippen molar-refractivity contribution in [1.29, 1.82) is 0 Å². The molecule has 0 aliphatic carbocycles. The molecule has 0 radical (unpaired) electrons. The minimum absolute atomic E-state index is 0.0581. The monoisotopic (exact) mass is 318 g/mol. The van der Waals surface area contributed by atoms with Gasteiger partial charge in [-0.05, 0) is 55.5 Å². The molecule has 2 rings (SSSR count). The second-order valence-corrected chi connectivity index (χ2v) is 6.24. The van der Waals surface area contributed by atoms with Crippen LogP contribution in [0.15, 0.2) is 29.6 Å². The molecule has 0 saturated heterocycles. The number of aliphatic hydroxyl groups excluding tert-OH is 1. The Hall–Kier alpha value is -1.85. The molecule has 0 bridgehead atoms. The van der Waals surface area contributed by atoms with E-state index in [2.05, 4.69) is 35.9 Å². The molecule has 0 spiro atoms. The molecular formula is C17H22N2O2S. The quantitative estimate of drug-likeness (QED) is 0.766. The van der Waals surface area contributed by atoms with Gasteiger partial charge in [-0.2, -0.15) is 0 Å². The Kier molecular flexibility index (Phi) is 5.57. The van der Waals surface area contributed by atoms with Crippen LogP contribution in [0.25, 0.3) is 0 Å². The Bertz CT molecular complexity index is 652. The van der Waals surface area contributed by atoms with Gasteiger partial charge in [0.2, 0.25) is 0 Å². The third-order valence-electron chi connectivity index (χ3n) is 3.64. The van der Waals surface area contributed by atoms with Crippen LogP contribution in [-0.4, -0.2) is 24.2 Å². The molecule has 3 N–H and O–H groups in total. The van der Waals surface area contributed by atoms with E-state index in [1.54, 1.807) is 17.4 Å². The molecule has 118 valence electrons. The zero-order valence-corrected chi connectivity index (χ0v) is 14.0. The molecule has 1 aromatic carbocycles. The maximum Gasteiger partial charge on any atom is 0.251 e. The lowest BCUT2D eigenvalue weighted by Crippen LogP contribution is -2.27. The number of aliphatic hydroxyl groups is 1. The SMILES string of the molecule is Cc1ccsc1C(C)Nc1cccc(C(=O)NCCO)c1C. The van der Waals surface area contributed by atoms with E-state index in [1.165, 1.54) is 10.4 Å². The minimum Gasteiger partial charge on any atom is -0.395 e. The molecule has 2 aromatic rings. The summed E-state index contributed by atoms with van der Waals surface area (Å²) in [5.74, 6) is -0.157. The van der Waals surface area contributed by atoms with Crippen molar-refractivity contribution in [2.75, 3.05) is 18.5 Å². The zero-order valence-electron chi connectivity index (χ0n) is 13.1. The number of hydrogen-bond donors (Lipinski definition) is 3. The van der Waals surface area contributed by atoms with Gasteiger partial charge in [0.15, 0.2) is 0 Å². The lowest BCUT2D eigenvalue weighted by Gasteiger charge is -2.18. The van der Waals surface area contributed by atoms with Crippen LogP contribution in [0, 0.1) is 13.8 Å². The van der Waals surface area contributed by atoms with Crippen LogP contribution in [0.1, 0.15) is 39.3 Å². The number of rotatable bonds is 6. The Morgan fingerprint density at radius 2 is 2.09 bits per heavy atom. The smallest absolute Gasteiger partial charge is 0.251 e. The number of benzene rings is 1. The zero-order chi connectivity index (χ0) is 16.1. The van der Waals surface area contributed by atoms with Crippen molar-refractivity contribution in [2.24, 2.45) is 0 Å².